The molecule has 68 heavy (non-hydrogen) atoms. The van der Waals surface area contributed by atoms with Crippen LogP contribution in [0.4, 0.5) is 0 Å². The summed E-state index contributed by atoms with van der Waals surface area (Å²) in [5.74, 6) is 0.687. The Morgan fingerprint density at radius 2 is 0.603 bits per heavy atom. The fourth-order valence-electron chi connectivity index (χ4n) is 10.00. The third-order valence-electron chi connectivity index (χ3n) is 13.4. The van der Waals surface area contributed by atoms with E-state index in [2.05, 4.69) is 252 Å². The number of nitrogens with zero attached hydrogens (tertiary/aromatic N) is 4. The predicted octanol–water partition coefficient (Wildman–Crippen LogP) is 16.7. The molecule has 0 atom stereocenters. The van der Waals surface area contributed by atoms with Gasteiger partial charge in [0.2, 0.25) is 0 Å². The molecule has 0 saturated heterocycles. The summed E-state index contributed by atoms with van der Waals surface area (Å²) in [6.07, 6.45) is 0. The summed E-state index contributed by atoms with van der Waals surface area (Å²) < 4.78 is 4.77. The van der Waals surface area contributed by atoms with Crippen LogP contribution in [0.1, 0.15) is 0 Å². The molecule has 0 spiro atoms. The fourth-order valence-corrected chi connectivity index (χ4v) is 10.00. The highest BCUT2D eigenvalue weighted by molar-refractivity contribution is 6.12. The number of benzene rings is 10. The second kappa shape index (κ2) is 16.4. The van der Waals surface area contributed by atoms with Gasteiger partial charge in [-0.1, -0.05) is 194 Å². The maximum absolute atomic E-state index is 5.23. The van der Waals surface area contributed by atoms with Gasteiger partial charge in [-0.15, -0.1) is 0 Å². The van der Waals surface area contributed by atoms with Gasteiger partial charge in [-0.3, -0.25) is 0 Å². The molecule has 0 radical (unpaired) electrons. The minimum Gasteiger partial charge on any atom is -0.309 e. The Labute approximate surface area is 394 Å². The SMILES string of the molecule is c1ccc(-c2ccc(-c3cc(-c4ccc(-n5c6ccccc6c6cc(-c7ccc8c9ccccc9n(-c9ccccc9)c8c7)ccc65)cc4)nc(-c4ccc(-c5ccccc5)cc4)n3)cc2)cc1. The second-order valence-electron chi connectivity index (χ2n) is 17.4. The van der Waals surface area contributed by atoms with Crippen LogP contribution in [0.2, 0.25) is 0 Å². The Morgan fingerprint density at radius 1 is 0.221 bits per heavy atom. The van der Waals surface area contributed by atoms with Crippen molar-refractivity contribution in [2.75, 3.05) is 0 Å². The van der Waals surface area contributed by atoms with Crippen molar-refractivity contribution < 1.29 is 0 Å². The molecule has 13 rings (SSSR count). The van der Waals surface area contributed by atoms with Crippen LogP contribution in [0.15, 0.2) is 255 Å². The van der Waals surface area contributed by atoms with Crippen molar-refractivity contribution >= 4 is 43.6 Å². The average molecular weight is 867 g/mol. The molecule has 13 aromatic rings. The summed E-state index contributed by atoms with van der Waals surface area (Å²) in [4.78, 5) is 10.4. The molecule has 0 aliphatic heterocycles. The van der Waals surface area contributed by atoms with E-state index in [0.717, 1.165) is 56.0 Å². The van der Waals surface area contributed by atoms with Gasteiger partial charge in [-0.2, -0.15) is 0 Å². The van der Waals surface area contributed by atoms with Crippen molar-refractivity contribution in [3.8, 4) is 78.7 Å². The molecule has 318 valence electrons. The lowest BCUT2D eigenvalue weighted by atomic mass is 10.0. The van der Waals surface area contributed by atoms with E-state index in [1.165, 1.54) is 60.4 Å². The summed E-state index contributed by atoms with van der Waals surface area (Å²) >= 11 is 0. The number of aromatic nitrogens is 4. The van der Waals surface area contributed by atoms with Crippen molar-refractivity contribution in [3.63, 3.8) is 0 Å². The number of para-hydroxylation sites is 3. The third-order valence-corrected chi connectivity index (χ3v) is 13.4. The normalized spacial score (nSPS) is 11.5. The maximum Gasteiger partial charge on any atom is 0.160 e. The van der Waals surface area contributed by atoms with E-state index in [-0.39, 0.29) is 0 Å². The molecule has 0 fully saturated rings. The Balaban J connectivity index is 0.887. The zero-order valence-corrected chi connectivity index (χ0v) is 37.0. The van der Waals surface area contributed by atoms with Crippen molar-refractivity contribution in [2.24, 2.45) is 0 Å². The average Bonchev–Trinajstić information content (AvgIpc) is 3.94. The first kappa shape index (κ1) is 39.3. The van der Waals surface area contributed by atoms with E-state index in [0.29, 0.717) is 5.82 Å². The molecule has 0 aliphatic carbocycles. The Hall–Kier alpha value is -9.12. The maximum atomic E-state index is 5.23. The Kier molecular flexibility index (Phi) is 9.47. The topological polar surface area (TPSA) is 35.6 Å². The molecule has 0 bridgehead atoms. The summed E-state index contributed by atoms with van der Waals surface area (Å²) in [7, 11) is 0. The molecule has 10 aromatic carbocycles. The van der Waals surface area contributed by atoms with E-state index >= 15 is 0 Å². The summed E-state index contributed by atoms with van der Waals surface area (Å²) in [5.41, 5.74) is 18.8. The molecule has 4 nitrogen and oxygen atoms in total. The summed E-state index contributed by atoms with van der Waals surface area (Å²) in [6.45, 7) is 0. The minimum absolute atomic E-state index is 0.687. The van der Waals surface area contributed by atoms with Gasteiger partial charge in [-0.25, -0.2) is 9.97 Å². The first-order valence-corrected chi connectivity index (χ1v) is 23.1. The van der Waals surface area contributed by atoms with Gasteiger partial charge in [0.1, 0.15) is 0 Å². The van der Waals surface area contributed by atoms with Crippen LogP contribution >= 0.6 is 0 Å². The molecule has 3 heterocycles. The summed E-state index contributed by atoms with van der Waals surface area (Å²) in [5, 5.41) is 4.94. The first-order valence-electron chi connectivity index (χ1n) is 23.1. The van der Waals surface area contributed by atoms with Crippen molar-refractivity contribution in [3.05, 3.63) is 255 Å². The predicted molar refractivity (Wildman–Crippen MR) is 283 cm³/mol. The number of fused-ring (bicyclic) bond motifs is 6. The molecule has 0 saturated carbocycles. The van der Waals surface area contributed by atoms with Crippen molar-refractivity contribution in [1.29, 1.82) is 0 Å². The lowest BCUT2D eigenvalue weighted by Gasteiger charge is -2.12. The van der Waals surface area contributed by atoms with E-state index < -0.39 is 0 Å². The molecular weight excluding hydrogens is 825 g/mol. The van der Waals surface area contributed by atoms with Crippen molar-refractivity contribution in [2.45, 2.75) is 0 Å². The van der Waals surface area contributed by atoms with E-state index in [9.17, 15) is 0 Å². The molecule has 3 aromatic heterocycles. The van der Waals surface area contributed by atoms with Crippen LogP contribution in [-0.2, 0) is 0 Å². The van der Waals surface area contributed by atoms with E-state index in [1.807, 2.05) is 12.1 Å². The van der Waals surface area contributed by atoms with Crippen LogP contribution in [0.3, 0.4) is 0 Å². The zero-order valence-electron chi connectivity index (χ0n) is 37.0. The fraction of sp³-hybridized carbons (Fsp3) is 0. The van der Waals surface area contributed by atoms with E-state index in [4.69, 9.17) is 9.97 Å². The number of hydrogen-bond acceptors (Lipinski definition) is 2. The smallest absolute Gasteiger partial charge is 0.160 e. The van der Waals surface area contributed by atoms with Gasteiger partial charge in [0.15, 0.2) is 5.82 Å². The monoisotopic (exact) mass is 866 g/mol. The molecule has 0 amide bonds. The standard InChI is InChI=1S/C64H42N4/c1-4-14-43(15-5-1)45-24-28-47(29-25-45)58-42-59(66-64(65-58)49-30-26-46(27-31-49)44-16-6-2-7-17-44)48-32-36-53(37-33-48)67-61-23-13-11-21-55(61)57-40-50(35-39-62(57)67)51-34-38-56-54-20-10-12-22-60(54)68(63(56)41-51)52-18-8-3-9-19-52/h1-42H. The summed E-state index contributed by atoms with van der Waals surface area (Å²) in [6, 6.07) is 91.1. The van der Waals surface area contributed by atoms with Crippen LogP contribution in [0.5, 0.6) is 0 Å². The van der Waals surface area contributed by atoms with Gasteiger partial charge >= 0.3 is 0 Å². The lowest BCUT2D eigenvalue weighted by molar-refractivity contribution is 1.17. The quantitative estimate of drug-likeness (QED) is 0.153. The van der Waals surface area contributed by atoms with Gasteiger partial charge in [-0.05, 0) is 94.0 Å². The first-order chi connectivity index (χ1) is 33.7. The lowest BCUT2D eigenvalue weighted by Crippen LogP contribution is -1.97. The molecule has 0 unspecified atom stereocenters. The van der Waals surface area contributed by atoms with Gasteiger partial charge in [0.25, 0.3) is 0 Å². The Bertz CT molecular complexity index is 3860. The highest BCUT2D eigenvalue weighted by atomic mass is 15.0. The largest absolute Gasteiger partial charge is 0.309 e. The number of hydrogen-bond donors (Lipinski definition) is 0. The zero-order chi connectivity index (χ0) is 45.0. The van der Waals surface area contributed by atoms with Crippen LogP contribution in [-0.4, -0.2) is 19.1 Å². The van der Waals surface area contributed by atoms with E-state index in [1.54, 1.807) is 0 Å². The Morgan fingerprint density at radius 3 is 1.21 bits per heavy atom. The molecule has 0 N–H and O–H groups in total. The highest BCUT2D eigenvalue weighted by Gasteiger charge is 2.17. The van der Waals surface area contributed by atoms with Crippen LogP contribution in [0.25, 0.3) is 122 Å². The van der Waals surface area contributed by atoms with Gasteiger partial charge in [0.05, 0.1) is 33.5 Å². The van der Waals surface area contributed by atoms with Crippen LogP contribution < -0.4 is 0 Å². The minimum atomic E-state index is 0.687. The highest BCUT2D eigenvalue weighted by Crippen LogP contribution is 2.39. The second-order valence-corrected chi connectivity index (χ2v) is 17.4. The van der Waals surface area contributed by atoms with Gasteiger partial charge < -0.3 is 9.13 Å². The van der Waals surface area contributed by atoms with Gasteiger partial charge in [0, 0.05) is 49.6 Å². The third kappa shape index (κ3) is 6.86. The molecular formula is C64H42N4. The molecule has 4 heteroatoms. The van der Waals surface area contributed by atoms with Crippen LogP contribution in [0, 0.1) is 0 Å². The molecule has 0 aliphatic rings. The number of rotatable bonds is 8. The van der Waals surface area contributed by atoms with Crippen molar-refractivity contribution in [1.82, 2.24) is 19.1 Å².